The van der Waals surface area contributed by atoms with E-state index in [9.17, 15) is 10.2 Å². The Morgan fingerprint density at radius 1 is 0.938 bits per heavy atom. The van der Waals surface area contributed by atoms with E-state index >= 15 is 0 Å². The molecule has 0 amide bonds. The van der Waals surface area contributed by atoms with Gasteiger partial charge in [-0.2, -0.15) is 0 Å². The van der Waals surface area contributed by atoms with E-state index in [-0.39, 0.29) is 23.6 Å². The third-order valence-corrected chi connectivity index (χ3v) is 2.75. The van der Waals surface area contributed by atoms with Crippen LogP contribution in [0.1, 0.15) is 0 Å². The maximum atomic E-state index is 9.69. The van der Waals surface area contributed by atoms with E-state index in [0.717, 1.165) is 0 Å². The number of phenolic OH excluding ortho intramolecular Hbond substituents is 2. The molecule has 4 heteroatoms. The monoisotopic (exact) mass is 214 g/mol. The number of benzene rings is 1. The molecule has 0 aromatic heterocycles. The van der Waals surface area contributed by atoms with Gasteiger partial charge in [-0.1, -0.05) is 24.3 Å². The van der Waals surface area contributed by atoms with Gasteiger partial charge in [0, 0.05) is 0 Å². The van der Waals surface area contributed by atoms with Crippen LogP contribution in [-0.4, -0.2) is 22.3 Å². The summed E-state index contributed by atoms with van der Waals surface area (Å²) in [5.74, 6) is -0.353. The second kappa shape index (κ2) is 3.20. The summed E-state index contributed by atoms with van der Waals surface area (Å²) in [6.07, 6.45) is 7.75. The number of aromatic hydroxyl groups is 2. The Labute approximate surface area is 91.6 Å². The minimum absolute atomic E-state index is 0.00134. The Kier molecular flexibility index (Phi) is 1.83. The maximum absolute atomic E-state index is 9.69. The Morgan fingerprint density at radius 3 is 2.38 bits per heavy atom. The Hall–Kier alpha value is -2.10. The second-order valence-electron chi connectivity index (χ2n) is 3.81. The molecule has 0 saturated carbocycles. The van der Waals surface area contributed by atoms with E-state index in [1.807, 2.05) is 24.3 Å². The first kappa shape index (κ1) is 9.15. The Balaban J connectivity index is 2.30. The van der Waals surface area contributed by atoms with E-state index in [1.54, 1.807) is 6.07 Å². The second-order valence-corrected chi connectivity index (χ2v) is 3.81. The molecule has 0 fully saturated rings. The molecule has 2 aliphatic rings. The molecule has 2 unspecified atom stereocenters. The lowest BCUT2D eigenvalue weighted by atomic mass is 10.0. The Bertz CT molecular complexity index is 617. The van der Waals surface area contributed by atoms with E-state index < -0.39 is 0 Å². The van der Waals surface area contributed by atoms with E-state index in [0.29, 0.717) is 10.7 Å². The van der Waals surface area contributed by atoms with Gasteiger partial charge in [0.1, 0.15) is 5.36 Å². The van der Waals surface area contributed by atoms with Crippen LogP contribution in [0, 0.1) is 0 Å². The van der Waals surface area contributed by atoms with Gasteiger partial charge >= 0.3 is 0 Å². The quantitative estimate of drug-likeness (QED) is 0.606. The first-order chi connectivity index (χ1) is 7.75. The molecule has 0 spiro atoms. The normalized spacial score (nSPS) is 25.2. The lowest BCUT2D eigenvalue weighted by Gasteiger charge is -2.19. The highest BCUT2D eigenvalue weighted by molar-refractivity contribution is 5.37. The summed E-state index contributed by atoms with van der Waals surface area (Å²) >= 11 is 0. The fourth-order valence-corrected chi connectivity index (χ4v) is 1.92. The summed E-state index contributed by atoms with van der Waals surface area (Å²) in [6, 6.07) is 3.01. The van der Waals surface area contributed by atoms with Gasteiger partial charge in [-0.05, 0) is 12.1 Å². The van der Waals surface area contributed by atoms with Crippen LogP contribution >= 0.6 is 0 Å². The van der Waals surface area contributed by atoms with Gasteiger partial charge in [-0.15, -0.1) is 0 Å². The van der Waals surface area contributed by atoms with E-state index in [2.05, 4.69) is 9.98 Å². The molecule has 1 heterocycles. The van der Waals surface area contributed by atoms with Crippen LogP contribution in [0.2, 0.25) is 0 Å². The van der Waals surface area contributed by atoms with Gasteiger partial charge < -0.3 is 10.2 Å². The summed E-state index contributed by atoms with van der Waals surface area (Å²) in [4.78, 5) is 8.85. The highest BCUT2D eigenvalue weighted by Crippen LogP contribution is 2.19. The third-order valence-electron chi connectivity index (χ3n) is 2.75. The molecule has 80 valence electrons. The third kappa shape index (κ3) is 1.23. The van der Waals surface area contributed by atoms with Crippen molar-refractivity contribution in [3.63, 3.8) is 0 Å². The number of phenols is 2. The van der Waals surface area contributed by atoms with Crippen molar-refractivity contribution in [3.8, 4) is 11.5 Å². The molecule has 1 aromatic rings. The molecule has 4 nitrogen and oxygen atoms in total. The molecule has 1 aliphatic carbocycles. The van der Waals surface area contributed by atoms with Crippen molar-refractivity contribution >= 4 is 0 Å². The average molecular weight is 214 g/mol. The zero-order chi connectivity index (χ0) is 11.1. The highest BCUT2D eigenvalue weighted by atomic mass is 16.3. The minimum Gasteiger partial charge on any atom is -0.504 e. The summed E-state index contributed by atoms with van der Waals surface area (Å²) in [7, 11) is 0. The fourth-order valence-electron chi connectivity index (χ4n) is 1.92. The highest BCUT2D eigenvalue weighted by Gasteiger charge is 2.20. The lowest BCUT2D eigenvalue weighted by molar-refractivity contribution is 0.395. The van der Waals surface area contributed by atoms with Crippen molar-refractivity contribution in [1.82, 2.24) is 0 Å². The van der Waals surface area contributed by atoms with Crippen molar-refractivity contribution < 1.29 is 10.2 Å². The predicted octanol–water partition coefficient (Wildman–Crippen LogP) is 0.214. The van der Waals surface area contributed by atoms with Crippen LogP contribution in [0.5, 0.6) is 11.5 Å². The number of rotatable bonds is 0. The topological polar surface area (TPSA) is 65.2 Å². The van der Waals surface area contributed by atoms with Crippen molar-refractivity contribution in [2.75, 3.05) is 0 Å². The van der Waals surface area contributed by atoms with Gasteiger partial charge in [0.25, 0.3) is 0 Å². The largest absolute Gasteiger partial charge is 0.504 e. The van der Waals surface area contributed by atoms with Gasteiger partial charge in [-0.3, -0.25) is 9.98 Å². The van der Waals surface area contributed by atoms with Crippen LogP contribution in [0.3, 0.4) is 0 Å². The lowest BCUT2D eigenvalue weighted by Crippen LogP contribution is -2.38. The molecule has 1 aliphatic heterocycles. The zero-order valence-electron chi connectivity index (χ0n) is 8.41. The number of fused-ring (bicyclic) bond motifs is 2. The van der Waals surface area contributed by atoms with Crippen molar-refractivity contribution in [2.24, 2.45) is 9.98 Å². The van der Waals surface area contributed by atoms with Gasteiger partial charge in [-0.25, -0.2) is 0 Å². The maximum Gasteiger partial charge on any atom is 0.185 e. The SMILES string of the molecule is Oc1ccc2c(c1O)=NC1C=CC=CC1N=2. The average Bonchev–Trinajstić information content (AvgIpc) is 2.32. The number of nitrogens with zero attached hydrogens (tertiary/aromatic N) is 2. The fraction of sp³-hybridized carbons (Fsp3) is 0.167. The molecular weight excluding hydrogens is 204 g/mol. The molecule has 0 radical (unpaired) electrons. The number of hydrogen-bond acceptors (Lipinski definition) is 4. The molecule has 0 saturated heterocycles. The Morgan fingerprint density at radius 2 is 1.62 bits per heavy atom. The number of allylic oxidation sites excluding steroid dienone is 2. The standard InChI is InChI=1S/C12H10N2O2/c15-10-6-5-9-11(12(10)16)14-8-4-2-1-3-7(8)13-9/h1-8,15-16H. The van der Waals surface area contributed by atoms with E-state index in [1.165, 1.54) is 6.07 Å². The van der Waals surface area contributed by atoms with Gasteiger partial charge in [0.15, 0.2) is 11.5 Å². The predicted molar refractivity (Wildman–Crippen MR) is 57.9 cm³/mol. The summed E-state index contributed by atoms with van der Waals surface area (Å²) in [5.41, 5.74) is 0. The van der Waals surface area contributed by atoms with Crippen LogP contribution < -0.4 is 10.7 Å². The smallest absolute Gasteiger partial charge is 0.185 e. The van der Waals surface area contributed by atoms with Crippen LogP contribution in [0.4, 0.5) is 0 Å². The van der Waals surface area contributed by atoms with Crippen molar-refractivity contribution in [2.45, 2.75) is 12.1 Å². The van der Waals surface area contributed by atoms with Gasteiger partial charge in [0.2, 0.25) is 0 Å². The van der Waals surface area contributed by atoms with Gasteiger partial charge in [0.05, 0.1) is 17.4 Å². The van der Waals surface area contributed by atoms with Crippen LogP contribution in [0.15, 0.2) is 46.4 Å². The molecule has 2 N–H and O–H groups in total. The first-order valence-electron chi connectivity index (χ1n) is 5.07. The summed E-state index contributed by atoms with van der Waals surface area (Å²) in [5, 5.41) is 20.1. The minimum atomic E-state index is -0.192. The molecule has 0 bridgehead atoms. The molecule has 16 heavy (non-hydrogen) atoms. The summed E-state index contributed by atoms with van der Waals surface area (Å²) < 4.78 is 0. The van der Waals surface area contributed by atoms with Crippen molar-refractivity contribution in [1.29, 1.82) is 0 Å². The van der Waals surface area contributed by atoms with E-state index in [4.69, 9.17) is 0 Å². The van der Waals surface area contributed by atoms with Crippen LogP contribution in [0.25, 0.3) is 0 Å². The molecular formula is C12H10N2O2. The zero-order valence-corrected chi connectivity index (χ0v) is 8.41. The summed E-state index contributed by atoms with van der Waals surface area (Å²) in [6.45, 7) is 0. The molecule has 1 aromatic carbocycles. The number of hydrogen-bond donors (Lipinski definition) is 2. The first-order valence-corrected chi connectivity index (χ1v) is 5.07. The van der Waals surface area contributed by atoms with Crippen molar-refractivity contribution in [3.05, 3.63) is 47.2 Å². The molecule has 3 rings (SSSR count). The molecule has 2 atom stereocenters. The van der Waals surface area contributed by atoms with Crippen LogP contribution in [-0.2, 0) is 0 Å².